The van der Waals surface area contributed by atoms with Gasteiger partial charge in [-0.15, -0.1) is 0 Å². The van der Waals surface area contributed by atoms with Gasteiger partial charge in [0.25, 0.3) is 0 Å². The number of hydrogen-bond acceptors (Lipinski definition) is 4. The van der Waals surface area contributed by atoms with Crippen LogP contribution >= 0.6 is 0 Å². The number of anilines is 1. The van der Waals surface area contributed by atoms with Crippen LogP contribution in [0.4, 0.5) is 10.5 Å². The lowest BCUT2D eigenvalue weighted by Crippen LogP contribution is -2.40. The number of nitrogens with one attached hydrogen (secondary N) is 1. The zero-order valence-corrected chi connectivity index (χ0v) is 13.2. The van der Waals surface area contributed by atoms with Crippen LogP contribution in [0.2, 0.25) is 0 Å². The van der Waals surface area contributed by atoms with Gasteiger partial charge in [-0.3, -0.25) is 4.90 Å². The number of carbonyl (C=O) groups excluding carboxylic acids is 1. The van der Waals surface area contributed by atoms with Crippen LogP contribution in [-0.2, 0) is 22.5 Å². The van der Waals surface area contributed by atoms with Gasteiger partial charge in [-0.1, -0.05) is 18.2 Å². The van der Waals surface area contributed by atoms with E-state index in [-0.39, 0.29) is 6.09 Å². The summed E-state index contributed by atoms with van der Waals surface area (Å²) in [6.45, 7) is 6.89. The minimum atomic E-state index is -0.492. The van der Waals surface area contributed by atoms with Crippen LogP contribution < -0.4 is 10.4 Å². The number of amides is 1. The molecule has 1 amide bonds. The number of carbonyl (C=O) groups is 1. The Kier molecular flexibility index (Phi) is 4.85. The van der Waals surface area contributed by atoms with Crippen molar-refractivity contribution < 1.29 is 14.4 Å². The first kappa shape index (κ1) is 15.8. The van der Waals surface area contributed by atoms with E-state index in [1.54, 1.807) is 12.0 Å². The second-order valence-electron chi connectivity index (χ2n) is 6.19. The van der Waals surface area contributed by atoms with Crippen LogP contribution in [-0.4, -0.2) is 25.3 Å². The first-order valence-electron chi connectivity index (χ1n) is 7.29. The van der Waals surface area contributed by atoms with Crippen molar-refractivity contribution in [2.45, 2.75) is 45.8 Å². The smallest absolute Gasteiger partial charge is 0.414 e. The molecule has 1 aliphatic rings. The molecule has 0 atom stereocenters. The molecule has 0 spiro atoms. The molecule has 2 rings (SSSR count). The summed E-state index contributed by atoms with van der Waals surface area (Å²) in [6.07, 6.45) is 1.65. The normalized spacial score (nSPS) is 14.8. The van der Waals surface area contributed by atoms with E-state index in [0.29, 0.717) is 13.1 Å². The predicted octanol–water partition coefficient (Wildman–Crippen LogP) is 3.03. The predicted molar refractivity (Wildman–Crippen MR) is 82.2 cm³/mol. The summed E-state index contributed by atoms with van der Waals surface area (Å²) in [5.41, 5.74) is 5.54. The van der Waals surface area contributed by atoms with E-state index >= 15 is 0 Å². The molecular weight excluding hydrogens is 268 g/mol. The molecule has 1 N–H and O–H groups in total. The minimum absolute atomic E-state index is 0.284. The SMILES string of the molecule is CONCc1cccc2c1N(C(=O)OC(C)(C)C)CCC2. The second-order valence-corrected chi connectivity index (χ2v) is 6.19. The Bertz CT molecular complexity index is 509. The van der Waals surface area contributed by atoms with Crippen molar-refractivity contribution in [3.8, 4) is 0 Å². The lowest BCUT2D eigenvalue weighted by molar-refractivity contribution is 0.0576. The van der Waals surface area contributed by atoms with Gasteiger partial charge in [-0.2, -0.15) is 5.48 Å². The highest BCUT2D eigenvalue weighted by molar-refractivity contribution is 5.90. The number of fused-ring (bicyclic) bond motifs is 1. The van der Waals surface area contributed by atoms with Crippen LogP contribution in [0.3, 0.4) is 0 Å². The summed E-state index contributed by atoms with van der Waals surface area (Å²) in [5, 5.41) is 0. The van der Waals surface area contributed by atoms with E-state index in [1.165, 1.54) is 5.56 Å². The van der Waals surface area contributed by atoms with E-state index in [0.717, 1.165) is 24.1 Å². The molecule has 1 aromatic rings. The Labute approximate surface area is 126 Å². The van der Waals surface area contributed by atoms with Crippen LogP contribution in [0.15, 0.2) is 18.2 Å². The molecule has 5 heteroatoms. The van der Waals surface area contributed by atoms with Crippen molar-refractivity contribution >= 4 is 11.8 Å². The lowest BCUT2D eigenvalue weighted by Gasteiger charge is -2.33. The van der Waals surface area contributed by atoms with Gasteiger partial charge < -0.3 is 9.57 Å². The van der Waals surface area contributed by atoms with Crippen molar-refractivity contribution in [1.82, 2.24) is 5.48 Å². The van der Waals surface area contributed by atoms with Crippen molar-refractivity contribution in [2.24, 2.45) is 0 Å². The molecule has 1 heterocycles. The summed E-state index contributed by atoms with van der Waals surface area (Å²) in [5.74, 6) is 0. The molecule has 0 unspecified atom stereocenters. The van der Waals surface area contributed by atoms with E-state index in [9.17, 15) is 4.79 Å². The number of para-hydroxylation sites is 1. The molecule has 116 valence electrons. The highest BCUT2D eigenvalue weighted by atomic mass is 16.6. The molecule has 0 saturated carbocycles. The van der Waals surface area contributed by atoms with E-state index < -0.39 is 5.60 Å². The first-order valence-corrected chi connectivity index (χ1v) is 7.29. The molecule has 0 fully saturated rings. The van der Waals surface area contributed by atoms with Crippen molar-refractivity contribution in [2.75, 3.05) is 18.6 Å². The first-order chi connectivity index (χ1) is 9.92. The minimum Gasteiger partial charge on any atom is -0.443 e. The lowest BCUT2D eigenvalue weighted by atomic mass is 9.98. The van der Waals surface area contributed by atoms with Gasteiger partial charge in [0.15, 0.2) is 0 Å². The van der Waals surface area contributed by atoms with Gasteiger partial charge in [0.2, 0.25) is 0 Å². The number of benzene rings is 1. The number of aryl methyl sites for hydroxylation is 1. The average Bonchev–Trinajstić information content (AvgIpc) is 2.42. The summed E-state index contributed by atoms with van der Waals surface area (Å²) in [6, 6.07) is 6.10. The van der Waals surface area contributed by atoms with Crippen LogP contribution in [0, 0.1) is 0 Å². The Morgan fingerprint density at radius 1 is 1.38 bits per heavy atom. The number of ether oxygens (including phenoxy) is 1. The van der Waals surface area contributed by atoms with E-state index in [4.69, 9.17) is 9.57 Å². The Morgan fingerprint density at radius 2 is 2.14 bits per heavy atom. The molecule has 0 aromatic heterocycles. The average molecular weight is 292 g/mol. The van der Waals surface area contributed by atoms with Crippen LogP contribution in [0.5, 0.6) is 0 Å². The fraction of sp³-hybridized carbons (Fsp3) is 0.562. The van der Waals surface area contributed by atoms with Gasteiger partial charge in [0.1, 0.15) is 5.60 Å². The maximum atomic E-state index is 12.5. The molecule has 21 heavy (non-hydrogen) atoms. The third kappa shape index (κ3) is 3.95. The summed E-state index contributed by atoms with van der Waals surface area (Å²) in [4.78, 5) is 19.1. The van der Waals surface area contributed by atoms with Crippen LogP contribution in [0.25, 0.3) is 0 Å². The fourth-order valence-electron chi connectivity index (χ4n) is 2.52. The number of rotatable bonds is 3. The molecule has 0 saturated heterocycles. The third-order valence-corrected chi connectivity index (χ3v) is 3.32. The number of hydroxylamine groups is 1. The summed E-state index contributed by atoms with van der Waals surface area (Å²) >= 11 is 0. The van der Waals surface area contributed by atoms with Crippen molar-refractivity contribution in [1.29, 1.82) is 0 Å². The molecule has 0 aliphatic carbocycles. The zero-order valence-electron chi connectivity index (χ0n) is 13.2. The maximum Gasteiger partial charge on any atom is 0.414 e. The monoisotopic (exact) mass is 292 g/mol. The van der Waals surface area contributed by atoms with Gasteiger partial charge in [-0.05, 0) is 44.7 Å². The van der Waals surface area contributed by atoms with Crippen molar-refractivity contribution in [3.63, 3.8) is 0 Å². The molecule has 0 radical (unpaired) electrons. The Morgan fingerprint density at radius 3 is 2.81 bits per heavy atom. The Hall–Kier alpha value is -1.59. The number of hydrogen-bond donors (Lipinski definition) is 1. The van der Waals surface area contributed by atoms with Crippen LogP contribution in [0.1, 0.15) is 38.3 Å². The van der Waals surface area contributed by atoms with E-state index in [2.05, 4.69) is 11.5 Å². The van der Waals surface area contributed by atoms with Crippen molar-refractivity contribution in [3.05, 3.63) is 29.3 Å². The zero-order chi connectivity index (χ0) is 15.5. The Balaban J connectivity index is 2.30. The summed E-state index contributed by atoms with van der Waals surface area (Å²) in [7, 11) is 1.58. The molecule has 0 bridgehead atoms. The second kappa shape index (κ2) is 6.45. The maximum absolute atomic E-state index is 12.5. The number of nitrogens with zero attached hydrogens (tertiary/aromatic N) is 1. The summed E-state index contributed by atoms with van der Waals surface area (Å²) < 4.78 is 5.53. The molecule has 1 aromatic carbocycles. The molecule has 1 aliphatic heterocycles. The van der Waals surface area contributed by atoms with Gasteiger partial charge in [0.05, 0.1) is 12.8 Å². The van der Waals surface area contributed by atoms with E-state index in [1.807, 2.05) is 32.9 Å². The van der Waals surface area contributed by atoms with Gasteiger partial charge in [-0.25, -0.2) is 4.79 Å². The largest absolute Gasteiger partial charge is 0.443 e. The van der Waals surface area contributed by atoms with Gasteiger partial charge >= 0.3 is 6.09 Å². The highest BCUT2D eigenvalue weighted by Gasteiger charge is 2.28. The quantitative estimate of drug-likeness (QED) is 0.870. The third-order valence-electron chi connectivity index (χ3n) is 3.32. The fourth-order valence-corrected chi connectivity index (χ4v) is 2.52. The standard InChI is InChI=1S/C16H24N2O3/c1-16(2,3)21-15(19)18-10-6-9-12-7-5-8-13(14(12)18)11-17-20-4/h5,7-8,17H,6,9-11H2,1-4H3. The molecular formula is C16H24N2O3. The topological polar surface area (TPSA) is 50.8 Å². The highest BCUT2D eigenvalue weighted by Crippen LogP contribution is 2.32. The van der Waals surface area contributed by atoms with Gasteiger partial charge in [0, 0.05) is 13.1 Å². The molecule has 5 nitrogen and oxygen atoms in total.